The molecule has 2 N–H and O–H groups in total. The van der Waals surface area contributed by atoms with Gasteiger partial charge in [-0.1, -0.05) is 24.3 Å². The highest BCUT2D eigenvalue weighted by atomic mass is 32.1. The molecule has 2 amide bonds. The van der Waals surface area contributed by atoms with E-state index in [4.69, 9.17) is 14.2 Å². The van der Waals surface area contributed by atoms with Crippen LogP contribution < -0.4 is 20.1 Å². The Morgan fingerprint density at radius 1 is 0.971 bits per heavy atom. The normalized spacial score (nSPS) is 10.3. The molecule has 0 saturated carbocycles. The number of rotatable bonds is 10. The van der Waals surface area contributed by atoms with Gasteiger partial charge in [-0.25, -0.2) is 9.18 Å². The van der Waals surface area contributed by atoms with Gasteiger partial charge in [-0.15, -0.1) is 11.3 Å². The van der Waals surface area contributed by atoms with E-state index in [1.54, 1.807) is 12.1 Å². The number of carbonyl (C=O) groups excluding carboxylic acids is 3. The molecule has 0 fully saturated rings. The third-order valence-corrected chi connectivity index (χ3v) is 5.58. The third kappa shape index (κ3) is 6.55. The highest BCUT2D eigenvalue weighted by Gasteiger charge is 2.21. The van der Waals surface area contributed by atoms with Crippen LogP contribution in [-0.4, -0.2) is 38.6 Å². The number of amides is 2. The van der Waals surface area contributed by atoms with Gasteiger partial charge in [0.15, 0.2) is 18.1 Å². The zero-order valence-electron chi connectivity index (χ0n) is 18.6. The lowest BCUT2D eigenvalue weighted by Gasteiger charge is -2.15. The molecule has 10 heteroatoms. The van der Waals surface area contributed by atoms with Crippen LogP contribution in [0.25, 0.3) is 0 Å². The molecule has 178 valence electrons. The van der Waals surface area contributed by atoms with Gasteiger partial charge in [0.1, 0.15) is 5.82 Å². The number of halogens is 1. The van der Waals surface area contributed by atoms with Crippen LogP contribution in [0, 0.1) is 5.82 Å². The molecule has 0 atom stereocenters. The number of ether oxygens (including phenoxy) is 3. The second-order valence-corrected chi connectivity index (χ2v) is 8.03. The first-order valence-electron chi connectivity index (χ1n) is 10.2. The van der Waals surface area contributed by atoms with Crippen LogP contribution in [0.3, 0.4) is 0 Å². The summed E-state index contributed by atoms with van der Waals surface area (Å²) in [6.45, 7) is -0.645. The number of anilines is 1. The van der Waals surface area contributed by atoms with Crippen molar-refractivity contribution in [2.75, 3.05) is 26.1 Å². The molecule has 0 spiro atoms. The molecule has 0 aliphatic carbocycles. The van der Waals surface area contributed by atoms with Crippen molar-refractivity contribution in [3.63, 3.8) is 0 Å². The van der Waals surface area contributed by atoms with Gasteiger partial charge in [-0.05, 0) is 17.5 Å². The molecule has 0 bridgehead atoms. The van der Waals surface area contributed by atoms with E-state index in [-0.39, 0.29) is 35.9 Å². The summed E-state index contributed by atoms with van der Waals surface area (Å²) in [4.78, 5) is 38.2. The van der Waals surface area contributed by atoms with E-state index in [0.717, 1.165) is 4.88 Å². The third-order valence-electron chi connectivity index (χ3n) is 4.70. The lowest BCUT2D eigenvalue weighted by atomic mass is 10.1. The number of methoxy groups -OCH3 is 2. The Morgan fingerprint density at radius 2 is 1.71 bits per heavy atom. The minimum absolute atomic E-state index is 0.0147. The second kappa shape index (κ2) is 11.8. The summed E-state index contributed by atoms with van der Waals surface area (Å²) in [6.07, 6.45) is 0.124. The van der Waals surface area contributed by atoms with Crippen molar-refractivity contribution in [2.24, 2.45) is 0 Å². The van der Waals surface area contributed by atoms with Gasteiger partial charge in [0.25, 0.3) is 5.91 Å². The van der Waals surface area contributed by atoms with Gasteiger partial charge >= 0.3 is 5.97 Å². The van der Waals surface area contributed by atoms with Gasteiger partial charge < -0.3 is 24.8 Å². The highest BCUT2D eigenvalue weighted by Crippen LogP contribution is 2.34. The van der Waals surface area contributed by atoms with Gasteiger partial charge in [-0.2, -0.15) is 0 Å². The zero-order valence-corrected chi connectivity index (χ0v) is 19.4. The summed E-state index contributed by atoms with van der Waals surface area (Å²) in [5.41, 5.74) is 0.438. The molecule has 0 aliphatic heterocycles. The van der Waals surface area contributed by atoms with Gasteiger partial charge in [0.05, 0.1) is 31.9 Å². The van der Waals surface area contributed by atoms with Crippen LogP contribution in [0.1, 0.15) is 20.8 Å². The maximum atomic E-state index is 13.7. The van der Waals surface area contributed by atoms with E-state index in [1.807, 2.05) is 17.5 Å². The number of nitrogens with one attached hydrogen (secondary N) is 2. The van der Waals surface area contributed by atoms with Crippen LogP contribution >= 0.6 is 11.3 Å². The van der Waals surface area contributed by atoms with Crippen molar-refractivity contribution in [3.05, 3.63) is 75.7 Å². The van der Waals surface area contributed by atoms with Crippen LogP contribution in [0.2, 0.25) is 0 Å². The number of carbonyl (C=O) groups is 3. The van der Waals surface area contributed by atoms with E-state index in [9.17, 15) is 18.8 Å². The Hall–Kier alpha value is -3.92. The van der Waals surface area contributed by atoms with Gasteiger partial charge in [0.2, 0.25) is 5.91 Å². The Labute approximate surface area is 199 Å². The van der Waals surface area contributed by atoms with Crippen molar-refractivity contribution in [2.45, 2.75) is 13.0 Å². The maximum absolute atomic E-state index is 13.7. The molecule has 0 saturated heterocycles. The van der Waals surface area contributed by atoms with E-state index in [1.165, 1.54) is 49.8 Å². The van der Waals surface area contributed by atoms with Crippen LogP contribution in [-0.2, 0) is 27.3 Å². The zero-order chi connectivity index (χ0) is 24.5. The first-order chi connectivity index (χ1) is 16.4. The smallest absolute Gasteiger partial charge is 0.340 e. The second-order valence-electron chi connectivity index (χ2n) is 7.00. The summed E-state index contributed by atoms with van der Waals surface area (Å²) in [5, 5.41) is 7.04. The molecule has 3 aromatic rings. The Balaban J connectivity index is 1.68. The first kappa shape index (κ1) is 24.7. The van der Waals surface area contributed by atoms with Gasteiger partial charge in [0, 0.05) is 29.1 Å². The lowest BCUT2D eigenvalue weighted by Crippen LogP contribution is -2.29. The number of hydrogen-bond donors (Lipinski definition) is 2. The van der Waals surface area contributed by atoms with Crippen LogP contribution in [0.5, 0.6) is 11.5 Å². The molecule has 2 aromatic carbocycles. The first-order valence-corrected chi connectivity index (χ1v) is 11.0. The molecule has 0 radical (unpaired) electrons. The van der Waals surface area contributed by atoms with Crippen LogP contribution in [0.15, 0.2) is 53.9 Å². The predicted molar refractivity (Wildman–Crippen MR) is 125 cm³/mol. The molecule has 8 nitrogen and oxygen atoms in total. The van der Waals surface area contributed by atoms with Crippen molar-refractivity contribution >= 4 is 34.8 Å². The summed E-state index contributed by atoms with van der Waals surface area (Å²) in [6, 6.07) is 12.5. The standard InChI is InChI=1S/C24H23FN2O6S/c1-31-20-11-17(19(12-21(20)32-2)27-22(28)10-16-7-5-9-34-16)24(30)33-14-23(29)26-13-15-6-3-4-8-18(15)25/h3-9,11-12H,10,13-14H2,1-2H3,(H,26,29)(H,27,28). The molecule has 0 aliphatic rings. The van der Waals surface area contributed by atoms with Gasteiger partial charge in [-0.3, -0.25) is 9.59 Å². The average Bonchev–Trinajstić information content (AvgIpc) is 3.34. The number of hydrogen-bond acceptors (Lipinski definition) is 7. The Kier molecular flexibility index (Phi) is 8.58. The Bertz CT molecular complexity index is 1170. The van der Waals surface area contributed by atoms with Crippen molar-refractivity contribution in [1.82, 2.24) is 5.32 Å². The lowest BCUT2D eigenvalue weighted by molar-refractivity contribution is -0.124. The van der Waals surface area contributed by atoms with E-state index >= 15 is 0 Å². The van der Waals surface area contributed by atoms with E-state index in [0.29, 0.717) is 11.3 Å². The molecular formula is C24H23FN2O6S. The monoisotopic (exact) mass is 486 g/mol. The Morgan fingerprint density at radius 3 is 2.38 bits per heavy atom. The fourth-order valence-corrected chi connectivity index (χ4v) is 3.72. The minimum Gasteiger partial charge on any atom is -0.493 e. The molecular weight excluding hydrogens is 463 g/mol. The summed E-state index contributed by atoms with van der Waals surface area (Å²) >= 11 is 1.44. The topological polar surface area (TPSA) is 103 Å². The average molecular weight is 487 g/mol. The SMILES string of the molecule is COc1cc(NC(=O)Cc2cccs2)c(C(=O)OCC(=O)NCc2ccccc2F)cc1OC. The van der Waals surface area contributed by atoms with E-state index in [2.05, 4.69) is 10.6 Å². The fraction of sp³-hybridized carbons (Fsp3) is 0.208. The summed E-state index contributed by atoms with van der Waals surface area (Å²) < 4.78 is 29.3. The maximum Gasteiger partial charge on any atom is 0.340 e. The van der Waals surface area contributed by atoms with E-state index < -0.39 is 24.3 Å². The van der Waals surface area contributed by atoms with Crippen molar-refractivity contribution in [3.8, 4) is 11.5 Å². The largest absolute Gasteiger partial charge is 0.493 e. The molecule has 0 unspecified atom stereocenters. The quantitative estimate of drug-likeness (QED) is 0.425. The molecule has 34 heavy (non-hydrogen) atoms. The number of benzene rings is 2. The number of esters is 1. The molecule has 1 heterocycles. The highest BCUT2D eigenvalue weighted by molar-refractivity contribution is 7.10. The number of thiophene rings is 1. The van der Waals surface area contributed by atoms with Crippen molar-refractivity contribution in [1.29, 1.82) is 0 Å². The predicted octanol–water partition coefficient (Wildman–Crippen LogP) is 3.56. The van der Waals surface area contributed by atoms with Crippen LogP contribution in [0.4, 0.5) is 10.1 Å². The molecule has 1 aromatic heterocycles. The fourth-order valence-electron chi connectivity index (χ4n) is 3.01. The minimum atomic E-state index is -0.853. The van der Waals surface area contributed by atoms with Crippen molar-refractivity contribution < 1.29 is 33.0 Å². The summed E-state index contributed by atoms with van der Waals surface area (Å²) in [5.74, 6) is -1.71. The summed E-state index contributed by atoms with van der Waals surface area (Å²) in [7, 11) is 2.82. The molecule has 3 rings (SSSR count).